The third-order valence-electron chi connectivity index (χ3n) is 5.26. The van der Waals surface area contributed by atoms with Crippen LogP contribution in [0.4, 0.5) is 14.5 Å². The third kappa shape index (κ3) is 3.75. The molecule has 0 radical (unpaired) electrons. The maximum Gasteiger partial charge on any atom is 0.269 e. The summed E-state index contributed by atoms with van der Waals surface area (Å²) in [5.74, 6) is -1.23. The zero-order valence-corrected chi connectivity index (χ0v) is 16.1. The maximum atomic E-state index is 14.3. The molecule has 0 amide bonds. The molecule has 8 heteroatoms. The molecule has 5 nitrogen and oxygen atoms in total. The number of nitro groups is 1. The van der Waals surface area contributed by atoms with Gasteiger partial charge in [0.25, 0.3) is 5.69 Å². The Hall–Kier alpha value is -2.77. The van der Waals surface area contributed by atoms with Gasteiger partial charge in [0.2, 0.25) is 0 Å². The standard InChI is InChI=1S/C21H18ClF2N3O2/c22-17-8-7-14(27(28)29)12-15(17)21-20-6-2-9-25(20)10-3-11-26(21)13-16-18(23)4-1-5-19(16)24/h1-2,4-9,12,21H,3,10-11,13H2/t21-/m0/s1. The molecule has 0 saturated heterocycles. The van der Waals surface area contributed by atoms with E-state index in [2.05, 4.69) is 4.57 Å². The summed E-state index contributed by atoms with van der Waals surface area (Å²) in [6.07, 6.45) is 2.70. The lowest BCUT2D eigenvalue weighted by Crippen LogP contribution is -2.30. The van der Waals surface area contributed by atoms with E-state index in [1.165, 1.54) is 36.4 Å². The number of non-ortho nitro benzene ring substituents is 1. The third-order valence-corrected chi connectivity index (χ3v) is 5.61. The lowest BCUT2D eigenvalue weighted by Gasteiger charge is -2.31. The number of aryl methyl sites for hydroxylation is 1. The van der Waals surface area contributed by atoms with Crippen molar-refractivity contribution < 1.29 is 13.7 Å². The smallest absolute Gasteiger partial charge is 0.269 e. The Morgan fingerprint density at radius 1 is 1.10 bits per heavy atom. The molecular formula is C21H18ClF2N3O2. The van der Waals surface area contributed by atoms with Crippen LogP contribution in [0.2, 0.25) is 5.02 Å². The molecule has 1 aliphatic heterocycles. The number of hydrogen-bond acceptors (Lipinski definition) is 3. The quantitative estimate of drug-likeness (QED) is 0.426. The first kappa shape index (κ1) is 19.5. The van der Waals surface area contributed by atoms with Crippen molar-refractivity contribution in [3.05, 3.63) is 98.3 Å². The van der Waals surface area contributed by atoms with Crippen LogP contribution in [0, 0.1) is 21.7 Å². The van der Waals surface area contributed by atoms with Gasteiger partial charge in [0.1, 0.15) is 11.6 Å². The number of nitro benzene ring substituents is 1. The molecule has 0 N–H and O–H groups in total. The normalized spacial score (nSPS) is 17.0. The molecule has 1 aliphatic rings. The van der Waals surface area contributed by atoms with Crippen LogP contribution in [-0.2, 0) is 13.1 Å². The predicted octanol–water partition coefficient (Wildman–Crippen LogP) is 5.32. The monoisotopic (exact) mass is 417 g/mol. The van der Waals surface area contributed by atoms with E-state index in [-0.39, 0.29) is 17.8 Å². The SMILES string of the molecule is O=[N+]([O-])c1ccc(Cl)c([C@H]2c3cccn3CCCN2Cc2c(F)cccc2F)c1. The fraction of sp³-hybridized carbons (Fsp3) is 0.238. The van der Waals surface area contributed by atoms with E-state index in [4.69, 9.17) is 11.6 Å². The Labute approximate surface area is 171 Å². The molecule has 3 aromatic rings. The first-order valence-electron chi connectivity index (χ1n) is 9.21. The molecule has 0 bridgehead atoms. The Bertz CT molecular complexity index is 1050. The Kier molecular flexibility index (Phi) is 5.34. The van der Waals surface area contributed by atoms with Crippen molar-refractivity contribution in [1.82, 2.24) is 9.47 Å². The molecule has 0 spiro atoms. The average Bonchev–Trinajstić information content (AvgIpc) is 3.07. The van der Waals surface area contributed by atoms with Gasteiger partial charge < -0.3 is 4.57 Å². The fourth-order valence-corrected chi connectivity index (χ4v) is 4.13. The van der Waals surface area contributed by atoms with Gasteiger partial charge >= 0.3 is 0 Å². The number of rotatable bonds is 4. The highest BCUT2D eigenvalue weighted by molar-refractivity contribution is 6.31. The Balaban J connectivity index is 1.84. The number of aromatic nitrogens is 1. The molecule has 29 heavy (non-hydrogen) atoms. The van der Waals surface area contributed by atoms with Crippen LogP contribution in [0.3, 0.4) is 0 Å². The van der Waals surface area contributed by atoms with E-state index in [1.807, 2.05) is 23.2 Å². The van der Waals surface area contributed by atoms with Crippen molar-refractivity contribution in [3.8, 4) is 0 Å². The number of hydrogen-bond donors (Lipinski definition) is 0. The molecular weight excluding hydrogens is 400 g/mol. The van der Waals surface area contributed by atoms with Gasteiger partial charge in [0.05, 0.1) is 11.0 Å². The zero-order valence-electron chi connectivity index (χ0n) is 15.4. The summed E-state index contributed by atoms with van der Waals surface area (Å²) in [4.78, 5) is 12.8. The first-order chi connectivity index (χ1) is 14.0. The Morgan fingerprint density at radius 2 is 1.86 bits per heavy atom. The van der Waals surface area contributed by atoms with Crippen LogP contribution in [0.5, 0.6) is 0 Å². The number of benzene rings is 2. The summed E-state index contributed by atoms with van der Waals surface area (Å²) >= 11 is 6.45. The van der Waals surface area contributed by atoms with Gasteiger partial charge in [-0.05, 0) is 36.8 Å². The lowest BCUT2D eigenvalue weighted by molar-refractivity contribution is -0.384. The average molecular weight is 418 g/mol. The van der Waals surface area contributed by atoms with E-state index in [1.54, 1.807) is 0 Å². The van der Waals surface area contributed by atoms with Crippen LogP contribution >= 0.6 is 11.6 Å². The highest BCUT2D eigenvalue weighted by Gasteiger charge is 2.31. The highest BCUT2D eigenvalue weighted by Crippen LogP contribution is 2.38. The molecule has 1 aromatic heterocycles. The van der Waals surface area contributed by atoms with Gasteiger partial charge in [-0.1, -0.05) is 17.7 Å². The molecule has 0 unspecified atom stereocenters. The minimum atomic E-state index is -0.617. The van der Waals surface area contributed by atoms with Crippen molar-refractivity contribution in [2.24, 2.45) is 0 Å². The van der Waals surface area contributed by atoms with Crippen LogP contribution in [0.1, 0.15) is 29.3 Å². The second kappa shape index (κ2) is 7.93. The van der Waals surface area contributed by atoms with Gasteiger partial charge in [-0.3, -0.25) is 15.0 Å². The van der Waals surface area contributed by atoms with Gasteiger partial charge in [0, 0.05) is 59.8 Å². The minimum absolute atomic E-state index is 0.0212. The number of nitrogens with zero attached hydrogens (tertiary/aromatic N) is 3. The molecule has 2 aromatic carbocycles. The predicted molar refractivity (Wildman–Crippen MR) is 106 cm³/mol. The van der Waals surface area contributed by atoms with Crippen molar-refractivity contribution in [2.45, 2.75) is 25.6 Å². The van der Waals surface area contributed by atoms with E-state index < -0.39 is 22.6 Å². The summed E-state index contributed by atoms with van der Waals surface area (Å²) in [7, 11) is 0. The molecule has 0 saturated carbocycles. The van der Waals surface area contributed by atoms with Crippen molar-refractivity contribution >= 4 is 17.3 Å². The summed E-state index contributed by atoms with van der Waals surface area (Å²) < 4.78 is 30.7. The number of halogens is 3. The number of fused-ring (bicyclic) bond motifs is 1. The van der Waals surface area contributed by atoms with Crippen LogP contribution in [-0.4, -0.2) is 20.9 Å². The van der Waals surface area contributed by atoms with E-state index in [0.29, 0.717) is 17.1 Å². The topological polar surface area (TPSA) is 51.3 Å². The summed E-state index contributed by atoms with van der Waals surface area (Å²) in [5.41, 5.74) is 1.31. The van der Waals surface area contributed by atoms with Crippen molar-refractivity contribution in [1.29, 1.82) is 0 Å². The van der Waals surface area contributed by atoms with Crippen LogP contribution < -0.4 is 0 Å². The van der Waals surface area contributed by atoms with Gasteiger partial charge in [-0.2, -0.15) is 0 Å². The first-order valence-corrected chi connectivity index (χ1v) is 9.59. The molecule has 0 fully saturated rings. The van der Waals surface area contributed by atoms with E-state index in [9.17, 15) is 18.9 Å². The van der Waals surface area contributed by atoms with E-state index in [0.717, 1.165) is 18.7 Å². The molecule has 4 rings (SSSR count). The fourth-order valence-electron chi connectivity index (χ4n) is 3.91. The van der Waals surface area contributed by atoms with Crippen molar-refractivity contribution in [2.75, 3.05) is 6.54 Å². The summed E-state index contributed by atoms with van der Waals surface area (Å²) in [6, 6.07) is 11.4. The van der Waals surface area contributed by atoms with Crippen molar-refractivity contribution in [3.63, 3.8) is 0 Å². The summed E-state index contributed by atoms with van der Waals surface area (Å²) in [5, 5.41) is 11.7. The second-order valence-electron chi connectivity index (χ2n) is 7.02. The molecule has 150 valence electrons. The summed E-state index contributed by atoms with van der Waals surface area (Å²) in [6.45, 7) is 1.31. The molecule has 0 aliphatic carbocycles. The highest BCUT2D eigenvalue weighted by atomic mass is 35.5. The molecule has 1 atom stereocenters. The lowest BCUT2D eigenvalue weighted by atomic mass is 10.00. The zero-order chi connectivity index (χ0) is 20.5. The molecule has 2 heterocycles. The maximum absolute atomic E-state index is 14.3. The second-order valence-corrected chi connectivity index (χ2v) is 7.42. The van der Waals surface area contributed by atoms with Gasteiger partial charge in [0.15, 0.2) is 0 Å². The minimum Gasteiger partial charge on any atom is -0.350 e. The van der Waals surface area contributed by atoms with E-state index >= 15 is 0 Å². The van der Waals surface area contributed by atoms with Gasteiger partial charge in [-0.25, -0.2) is 8.78 Å². The largest absolute Gasteiger partial charge is 0.350 e. The van der Waals surface area contributed by atoms with Gasteiger partial charge in [-0.15, -0.1) is 0 Å². The Morgan fingerprint density at radius 3 is 2.59 bits per heavy atom. The van der Waals surface area contributed by atoms with Crippen LogP contribution in [0.15, 0.2) is 54.7 Å². The van der Waals surface area contributed by atoms with Crippen LogP contribution in [0.25, 0.3) is 0 Å².